The van der Waals surface area contributed by atoms with Gasteiger partial charge in [-0.2, -0.15) is 0 Å². The normalized spacial score (nSPS) is 10.3. The molecule has 1 N–H and O–H groups in total. The minimum atomic E-state index is -0.455. The predicted octanol–water partition coefficient (Wildman–Crippen LogP) is 4.26. The van der Waals surface area contributed by atoms with Gasteiger partial charge in [-0.3, -0.25) is 14.9 Å². The molecule has 0 aliphatic heterocycles. The highest BCUT2D eigenvalue weighted by atomic mass is 16.6. The van der Waals surface area contributed by atoms with E-state index >= 15 is 0 Å². The first-order valence-corrected chi connectivity index (χ1v) is 8.26. The first-order valence-electron chi connectivity index (χ1n) is 8.26. The Bertz CT molecular complexity index is 742. The molecular formula is C19H22N2O4. The maximum atomic E-state index is 12.0. The number of non-ortho nitro benzene ring substituents is 1. The van der Waals surface area contributed by atoms with Crippen LogP contribution in [0.5, 0.6) is 5.75 Å². The second-order valence-electron chi connectivity index (χ2n) is 5.75. The third-order valence-electron chi connectivity index (χ3n) is 3.84. The summed E-state index contributed by atoms with van der Waals surface area (Å²) in [6, 6.07) is 12.3. The first kappa shape index (κ1) is 18.4. The third-order valence-corrected chi connectivity index (χ3v) is 3.84. The zero-order valence-electron chi connectivity index (χ0n) is 14.5. The average molecular weight is 342 g/mol. The van der Waals surface area contributed by atoms with Crippen molar-refractivity contribution in [1.29, 1.82) is 0 Å². The number of nitro groups is 1. The van der Waals surface area contributed by atoms with Gasteiger partial charge in [0.15, 0.2) is 0 Å². The SMILES string of the molecule is CCc1ccc(OCCCC(=O)Nc2ccc([N+](=O)[O-])cc2C)cc1. The number of ether oxygens (including phenoxy) is 1. The molecule has 2 aromatic rings. The van der Waals surface area contributed by atoms with Crippen LogP contribution in [0.15, 0.2) is 42.5 Å². The molecule has 0 fully saturated rings. The molecule has 0 bridgehead atoms. The van der Waals surface area contributed by atoms with Gasteiger partial charge in [-0.25, -0.2) is 0 Å². The molecule has 0 aromatic heterocycles. The summed E-state index contributed by atoms with van der Waals surface area (Å²) >= 11 is 0. The fourth-order valence-electron chi connectivity index (χ4n) is 2.36. The number of carbonyl (C=O) groups is 1. The molecule has 6 heteroatoms. The number of rotatable bonds is 8. The van der Waals surface area contributed by atoms with Crippen LogP contribution in [0.4, 0.5) is 11.4 Å². The standard InChI is InChI=1S/C19H22N2O4/c1-3-15-6-9-17(10-7-15)25-12-4-5-19(22)20-18-11-8-16(21(23)24)13-14(18)2/h6-11,13H,3-5,12H2,1-2H3,(H,20,22). The van der Waals surface area contributed by atoms with E-state index in [4.69, 9.17) is 4.74 Å². The van der Waals surface area contributed by atoms with Crippen molar-refractivity contribution in [2.24, 2.45) is 0 Å². The number of aryl methyl sites for hydroxylation is 2. The maximum Gasteiger partial charge on any atom is 0.269 e. The number of amides is 1. The van der Waals surface area contributed by atoms with Crippen LogP contribution in [-0.4, -0.2) is 17.4 Å². The van der Waals surface area contributed by atoms with Gasteiger partial charge in [-0.05, 0) is 49.1 Å². The molecule has 0 aliphatic carbocycles. The van der Waals surface area contributed by atoms with Crippen molar-refractivity contribution in [2.45, 2.75) is 33.1 Å². The average Bonchev–Trinajstić information content (AvgIpc) is 2.61. The van der Waals surface area contributed by atoms with Crippen molar-refractivity contribution in [3.05, 3.63) is 63.7 Å². The van der Waals surface area contributed by atoms with Crippen LogP contribution in [0.2, 0.25) is 0 Å². The maximum absolute atomic E-state index is 12.0. The van der Waals surface area contributed by atoms with Crippen LogP contribution in [0.25, 0.3) is 0 Å². The number of anilines is 1. The second kappa shape index (κ2) is 8.82. The summed E-state index contributed by atoms with van der Waals surface area (Å²) in [6.45, 7) is 4.28. The summed E-state index contributed by atoms with van der Waals surface area (Å²) in [6.07, 6.45) is 1.90. The largest absolute Gasteiger partial charge is 0.494 e. The van der Waals surface area contributed by atoms with Crippen LogP contribution in [0.1, 0.15) is 30.9 Å². The summed E-state index contributed by atoms with van der Waals surface area (Å²) in [4.78, 5) is 22.2. The Kier molecular flexibility index (Phi) is 6.51. The van der Waals surface area contributed by atoms with Crippen molar-refractivity contribution < 1.29 is 14.5 Å². The van der Waals surface area contributed by atoms with Gasteiger partial charge in [0.25, 0.3) is 5.69 Å². The van der Waals surface area contributed by atoms with E-state index < -0.39 is 4.92 Å². The van der Waals surface area contributed by atoms with Gasteiger partial charge < -0.3 is 10.1 Å². The topological polar surface area (TPSA) is 81.5 Å². The zero-order chi connectivity index (χ0) is 18.2. The molecule has 0 radical (unpaired) electrons. The van der Waals surface area contributed by atoms with Gasteiger partial charge in [0, 0.05) is 24.2 Å². The molecule has 132 valence electrons. The smallest absolute Gasteiger partial charge is 0.269 e. The number of hydrogen-bond donors (Lipinski definition) is 1. The van der Waals surface area contributed by atoms with Gasteiger partial charge in [0.1, 0.15) is 5.75 Å². The second-order valence-corrected chi connectivity index (χ2v) is 5.75. The lowest BCUT2D eigenvalue weighted by atomic mass is 10.1. The highest BCUT2D eigenvalue weighted by Crippen LogP contribution is 2.21. The summed E-state index contributed by atoms with van der Waals surface area (Å²) in [5, 5.41) is 13.5. The molecule has 0 spiro atoms. The van der Waals surface area contributed by atoms with Gasteiger partial charge in [0.2, 0.25) is 5.91 Å². The number of nitrogens with one attached hydrogen (secondary N) is 1. The van der Waals surface area contributed by atoms with E-state index in [1.54, 1.807) is 13.0 Å². The molecule has 2 rings (SSSR count). The molecule has 0 saturated heterocycles. The minimum Gasteiger partial charge on any atom is -0.494 e. The highest BCUT2D eigenvalue weighted by Gasteiger charge is 2.10. The zero-order valence-corrected chi connectivity index (χ0v) is 14.5. The predicted molar refractivity (Wildman–Crippen MR) is 97.0 cm³/mol. The molecule has 2 aromatic carbocycles. The summed E-state index contributed by atoms with van der Waals surface area (Å²) in [5.74, 6) is 0.658. The van der Waals surface area contributed by atoms with Crippen LogP contribution >= 0.6 is 0 Å². The van der Waals surface area contributed by atoms with E-state index in [2.05, 4.69) is 12.2 Å². The molecule has 1 amide bonds. The Morgan fingerprint density at radius 3 is 2.52 bits per heavy atom. The molecule has 0 aliphatic rings. The fraction of sp³-hybridized carbons (Fsp3) is 0.316. The summed E-state index contributed by atoms with van der Waals surface area (Å²) in [7, 11) is 0. The summed E-state index contributed by atoms with van der Waals surface area (Å²) < 4.78 is 5.62. The van der Waals surface area contributed by atoms with Gasteiger partial charge in [0.05, 0.1) is 11.5 Å². The van der Waals surface area contributed by atoms with Crippen molar-refractivity contribution in [3.8, 4) is 5.75 Å². The van der Waals surface area contributed by atoms with E-state index in [0.29, 0.717) is 30.7 Å². The monoisotopic (exact) mass is 342 g/mol. The first-order chi connectivity index (χ1) is 12.0. The molecule has 0 unspecified atom stereocenters. The number of carbonyl (C=O) groups excluding carboxylic acids is 1. The van der Waals surface area contributed by atoms with Crippen molar-refractivity contribution in [3.63, 3.8) is 0 Å². The molecule has 6 nitrogen and oxygen atoms in total. The Labute approximate surface area is 147 Å². The quantitative estimate of drug-likeness (QED) is 0.441. The molecule has 25 heavy (non-hydrogen) atoms. The van der Waals surface area contributed by atoms with E-state index in [0.717, 1.165) is 12.2 Å². The lowest BCUT2D eigenvalue weighted by molar-refractivity contribution is -0.384. The van der Waals surface area contributed by atoms with E-state index in [1.807, 2.05) is 24.3 Å². The number of nitrogens with zero attached hydrogens (tertiary/aromatic N) is 1. The van der Waals surface area contributed by atoms with Crippen LogP contribution in [0, 0.1) is 17.0 Å². The number of nitro benzene ring substituents is 1. The molecule has 0 heterocycles. The minimum absolute atomic E-state index is 0.0120. The van der Waals surface area contributed by atoms with Gasteiger partial charge in [-0.1, -0.05) is 19.1 Å². The third kappa shape index (κ3) is 5.60. The van der Waals surface area contributed by atoms with Crippen LogP contribution in [0.3, 0.4) is 0 Å². The Hall–Kier alpha value is -2.89. The van der Waals surface area contributed by atoms with Crippen LogP contribution in [-0.2, 0) is 11.2 Å². The van der Waals surface area contributed by atoms with Crippen LogP contribution < -0.4 is 10.1 Å². The van der Waals surface area contributed by atoms with Crippen molar-refractivity contribution >= 4 is 17.3 Å². The fourth-order valence-corrected chi connectivity index (χ4v) is 2.36. The molecule has 0 saturated carbocycles. The number of benzene rings is 2. The van der Waals surface area contributed by atoms with Gasteiger partial charge >= 0.3 is 0 Å². The lowest BCUT2D eigenvalue weighted by Gasteiger charge is -2.09. The molecule has 0 atom stereocenters. The Morgan fingerprint density at radius 2 is 1.92 bits per heavy atom. The van der Waals surface area contributed by atoms with E-state index in [9.17, 15) is 14.9 Å². The number of hydrogen-bond acceptors (Lipinski definition) is 4. The Morgan fingerprint density at radius 1 is 1.20 bits per heavy atom. The van der Waals surface area contributed by atoms with Crippen molar-refractivity contribution in [1.82, 2.24) is 0 Å². The summed E-state index contributed by atoms with van der Waals surface area (Å²) in [5.41, 5.74) is 2.52. The lowest BCUT2D eigenvalue weighted by Crippen LogP contribution is -2.13. The molecular weight excluding hydrogens is 320 g/mol. The van der Waals surface area contributed by atoms with Gasteiger partial charge in [-0.15, -0.1) is 0 Å². The van der Waals surface area contributed by atoms with E-state index in [1.165, 1.54) is 17.7 Å². The highest BCUT2D eigenvalue weighted by molar-refractivity contribution is 5.91. The van der Waals surface area contributed by atoms with E-state index in [-0.39, 0.29) is 11.6 Å². The van der Waals surface area contributed by atoms with Crippen molar-refractivity contribution in [2.75, 3.05) is 11.9 Å². The Balaban J connectivity index is 1.76.